The van der Waals surface area contributed by atoms with Crippen LogP contribution in [0.5, 0.6) is 0 Å². The van der Waals surface area contributed by atoms with Crippen LogP contribution in [0.4, 0.5) is 0 Å². The fourth-order valence-electron chi connectivity index (χ4n) is 1.88. The van der Waals surface area contributed by atoms with Crippen LogP contribution in [-0.4, -0.2) is 30.9 Å². The van der Waals surface area contributed by atoms with Crippen molar-refractivity contribution in [2.75, 3.05) is 14.1 Å². The number of aliphatic imine (C=N–C) groups is 1. The van der Waals surface area contributed by atoms with Crippen LogP contribution in [0.2, 0.25) is 0 Å². The van der Waals surface area contributed by atoms with E-state index in [2.05, 4.69) is 25.8 Å². The second-order valence-corrected chi connectivity index (χ2v) is 6.11. The summed E-state index contributed by atoms with van der Waals surface area (Å²) in [7, 11) is 3.68. The minimum absolute atomic E-state index is 0.0999. The number of carbonyl (C=O) groups is 1. The maximum Gasteiger partial charge on any atom is 0.365 e. The first kappa shape index (κ1) is 14.3. The van der Waals surface area contributed by atoms with Gasteiger partial charge in [-0.15, -0.1) is 0 Å². The summed E-state index contributed by atoms with van der Waals surface area (Å²) in [4.78, 5) is 17.7. The quantitative estimate of drug-likeness (QED) is 0.614. The van der Waals surface area contributed by atoms with E-state index in [1.165, 1.54) is 5.56 Å². The number of hydrogen-bond donors (Lipinski definition) is 0. The van der Waals surface area contributed by atoms with E-state index in [1.54, 1.807) is 11.1 Å². The molecular weight excluding hydrogens is 252 g/mol. The molecule has 0 N–H and O–H groups in total. The molecule has 106 valence electrons. The van der Waals surface area contributed by atoms with Crippen molar-refractivity contribution in [1.82, 2.24) is 4.90 Å². The van der Waals surface area contributed by atoms with Gasteiger partial charge in [-0.1, -0.05) is 32.9 Å². The highest BCUT2D eigenvalue weighted by Crippen LogP contribution is 2.23. The second kappa shape index (κ2) is 5.12. The van der Waals surface area contributed by atoms with Gasteiger partial charge in [0, 0.05) is 25.9 Å². The normalized spacial score (nSPS) is 17.1. The first-order chi connectivity index (χ1) is 9.27. The molecule has 1 aromatic carbocycles. The number of cyclic esters (lactones) is 1. The number of nitrogens with zero attached hydrogens (tertiary/aromatic N) is 2. The lowest BCUT2D eigenvalue weighted by molar-refractivity contribution is -0.130. The monoisotopic (exact) mass is 272 g/mol. The lowest BCUT2D eigenvalue weighted by Crippen LogP contribution is -2.12. The molecule has 1 aliphatic rings. The number of hydrogen-bond acceptors (Lipinski definition) is 4. The van der Waals surface area contributed by atoms with Gasteiger partial charge >= 0.3 is 5.97 Å². The summed E-state index contributed by atoms with van der Waals surface area (Å²) in [6.07, 6.45) is 1.65. The first-order valence-corrected chi connectivity index (χ1v) is 6.57. The van der Waals surface area contributed by atoms with Crippen LogP contribution >= 0.6 is 0 Å². The van der Waals surface area contributed by atoms with Crippen molar-refractivity contribution in [3.8, 4) is 0 Å². The molecule has 0 amide bonds. The molecule has 20 heavy (non-hydrogen) atoms. The van der Waals surface area contributed by atoms with E-state index >= 15 is 0 Å². The molecule has 1 aromatic rings. The van der Waals surface area contributed by atoms with Gasteiger partial charge in [0.2, 0.25) is 5.90 Å². The summed E-state index contributed by atoms with van der Waals surface area (Å²) in [5.41, 5.74) is 2.47. The Hall–Kier alpha value is -2.10. The third-order valence-electron chi connectivity index (χ3n) is 3.00. The molecule has 0 aliphatic carbocycles. The summed E-state index contributed by atoms with van der Waals surface area (Å²) in [6.45, 7) is 6.48. The van der Waals surface area contributed by atoms with Crippen molar-refractivity contribution >= 4 is 11.9 Å². The summed E-state index contributed by atoms with van der Waals surface area (Å²) in [6, 6.07) is 7.95. The highest BCUT2D eigenvalue weighted by molar-refractivity contribution is 6.11. The lowest BCUT2D eigenvalue weighted by Gasteiger charge is -2.18. The van der Waals surface area contributed by atoms with Crippen LogP contribution in [-0.2, 0) is 14.9 Å². The molecule has 2 rings (SSSR count). The highest BCUT2D eigenvalue weighted by atomic mass is 16.6. The third kappa shape index (κ3) is 3.07. The van der Waals surface area contributed by atoms with Crippen LogP contribution in [0.15, 0.2) is 41.2 Å². The highest BCUT2D eigenvalue weighted by Gasteiger charge is 2.24. The van der Waals surface area contributed by atoms with Crippen molar-refractivity contribution in [1.29, 1.82) is 0 Å². The molecule has 0 bridgehead atoms. The average Bonchev–Trinajstić information content (AvgIpc) is 2.69. The Morgan fingerprint density at radius 2 is 1.75 bits per heavy atom. The molecule has 4 heteroatoms. The molecule has 0 saturated heterocycles. The van der Waals surface area contributed by atoms with Crippen molar-refractivity contribution < 1.29 is 9.53 Å². The Labute approximate surface area is 119 Å². The second-order valence-electron chi connectivity index (χ2n) is 6.11. The van der Waals surface area contributed by atoms with Crippen LogP contribution < -0.4 is 0 Å². The van der Waals surface area contributed by atoms with E-state index in [1.807, 2.05) is 38.4 Å². The number of rotatable bonds is 2. The number of esters is 1. The van der Waals surface area contributed by atoms with Gasteiger partial charge in [-0.05, 0) is 23.1 Å². The van der Waals surface area contributed by atoms with Crippen molar-refractivity contribution in [3.05, 3.63) is 47.3 Å². The summed E-state index contributed by atoms with van der Waals surface area (Å²) in [5, 5.41) is 0. The molecular formula is C16H20N2O2. The third-order valence-corrected chi connectivity index (χ3v) is 3.00. The van der Waals surface area contributed by atoms with E-state index in [0.29, 0.717) is 11.6 Å². The summed E-state index contributed by atoms with van der Waals surface area (Å²) in [5.74, 6) is -0.0443. The van der Waals surface area contributed by atoms with Gasteiger partial charge in [0.1, 0.15) is 0 Å². The minimum Gasteiger partial charge on any atom is -0.402 e. The lowest BCUT2D eigenvalue weighted by atomic mass is 9.87. The van der Waals surface area contributed by atoms with Gasteiger partial charge in [0.05, 0.1) is 0 Å². The maximum atomic E-state index is 11.7. The number of carbonyl (C=O) groups excluding carboxylic acids is 1. The molecule has 4 nitrogen and oxygen atoms in total. The molecule has 0 unspecified atom stereocenters. The molecule has 0 fully saturated rings. The number of benzene rings is 1. The van der Waals surface area contributed by atoms with E-state index in [4.69, 9.17) is 4.74 Å². The molecule has 1 aliphatic heterocycles. The van der Waals surface area contributed by atoms with E-state index in [9.17, 15) is 4.79 Å². The average molecular weight is 272 g/mol. The van der Waals surface area contributed by atoms with Gasteiger partial charge in [0.25, 0.3) is 0 Å². The zero-order valence-electron chi connectivity index (χ0n) is 12.6. The Bertz CT molecular complexity index is 575. The van der Waals surface area contributed by atoms with Crippen molar-refractivity contribution in [2.24, 2.45) is 4.99 Å². The Morgan fingerprint density at radius 1 is 1.15 bits per heavy atom. The van der Waals surface area contributed by atoms with Crippen molar-refractivity contribution in [3.63, 3.8) is 0 Å². The zero-order valence-corrected chi connectivity index (χ0v) is 12.6. The van der Waals surface area contributed by atoms with Gasteiger partial charge in [-0.3, -0.25) is 0 Å². The first-order valence-electron chi connectivity index (χ1n) is 6.57. The Morgan fingerprint density at radius 3 is 2.25 bits per heavy atom. The zero-order chi connectivity index (χ0) is 14.9. The largest absolute Gasteiger partial charge is 0.402 e. The van der Waals surface area contributed by atoms with Gasteiger partial charge in [0.15, 0.2) is 5.70 Å². The fourth-order valence-corrected chi connectivity index (χ4v) is 1.88. The maximum absolute atomic E-state index is 11.7. The predicted molar refractivity (Wildman–Crippen MR) is 79.5 cm³/mol. The van der Waals surface area contributed by atoms with Gasteiger partial charge < -0.3 is 9.64 Å². The summed E-state index contributed by atoms with van der Waals surface area (Å²) >= 11 is 0. The van der Waals surface area contributed by atoms with E-state index in [0.717, 1.165) is 5.56 Å². The van der Waals surface area contributed by atoms with Crippen molar-refractivity contribution in [2.45, 2.75) is 26.2 Å². The van der Waals surface area contributed by atoms with E-state index in [-0.39, 0.29) is 5.41 Å². The van der Waals surface area contributed by atoms with Gasteiger partial charge in [-0.25, -0.2) is 9.79 Å². The predicted octanol–water partition coefficient (Wildman–Crippen LogP) is 2.69. The minimum atomic E-state index is -0.409. The standard InChI is InChI=1S/C16H20N2O2/c1-16(2,3)12-8-6-11(7-9-12)14-17-13(10-18(4)5)15(19)20-14/h6-10H,1-5H3/b13-10+. The fraction of sp³-hybridized carbons (Fsp3) is 0.375. The molecule has 0 atom stereocenters. The SMILES string of the molecule is CN(C)/C=C1/N=C(c2ccc(C(C)(C)C)cc2)OC1=O. The molecule has 0 spiro atoms. The molecule has 0 radical (unpaired) electrons. The molecule has 0 aromatic heterocycles. The van der Waals surface area contributed by atoms with Crippen LogP contribution in [0.25, 0.3) is 0 Å². The smallest absolute Gasteiger partial charge is 0.365 e. The molecule has 1 heterocycles. The van der Waals surface area contributed by atoms with Crippen LogP contribution in [0.3, 0.4) is 0 Å². The van der Waals surface area contributed by atoms with E-state index < -0.39 is 5.97 Å². The van der Waals surface area contributed by atoms with Crippen LogP contribution in [0, 0.1) is 0 Å². The van der Waals surface area contributed by atoms with Crippen LogP contribution in [0.1, 0.15) is 31.9 Å². The number of ether oxygens (including phenoxy) is 1. The topological polar surface area (TPSA) is 41.9 Å². The Kier molecular flexibility index (Phi) is 3.66. The summed E-state index contributed by atoms with van der Waals surface area (Å²) < 4.78 is 5.20. The Balaban J connectivity index is 2.28. The van der Waals surface area contributed by atoms with Gasteiger partial charge in [-0.2, -0.15) is 0 Å². The molecule has 0 saturated carbocycles.